The van der Waals surface area contributed by atoms with Crippen molar-refractivity contribution in [1.82, 2.24) is 18.7 Å². The fraction of sp³-hybridized carbons (Fsp3) is 0.318. The van der Waals surface area contributed by atoms with Gasteiger partial charge >= 0.3 is 18.1 Å². The maximum Gasteiger partial charge on any atom is 0.573 e. The van der Waals surface area contributed by atoms with E-state index >= 15 is 0 Å². The Bertz CT molecular complexity index is 1400. The molecule has 0 bridgehead atoms. The van der Waals surface area contributed by atoms with Crippen molar-refractivity contribution in [3.05, 3.63) is 68.9 Å². The number of aryl methyl sites for hydroxylation is 1. The van der Waals surface area contributed by atoms with E-state index in [0.29, 0.717) is 6.54 Å². The minimum atomic E-state index is -4.85. The SMILES string of the molecule is CC1=CCC(Cn2c(Oc3cccc(OC(F)(F)F)c3)nc3c2c(=O)n(C)c(=O)n3C)C=C1. The van der Waals surface area contributed by atoms with Crippen LogP contribution in [0.15, 0.2) is 57.7 Å². The molecule has 0 fully saturated rings. The largest absolute Gasteiger partial charge is 0.573 e. The highest BCUT2D eigenvalue weighted by molar-refractivity contribution is 5.72. The van der Waals surface area contributed by atoms with Crippen molar-refractivity contribution in [2.45, 2.75) is 26.3 Å². The molecule has 0 saturated heterocycles. The van der Waals surface area contributed by atoms with Gasteiger partial charge in [-0.2, -0.15) is 4.98 Å². The summed E-state index contributed by atoms with van der Waals surface area (Å²) in [6.07, 6.45) is 1.92. The van der Waals surface area contributed by atoms with Gasteiger partial charge in [-0.3, -0.25) is 18.5 Å². The van der Waals surface area contributed by atoms with Crippen LogP contribution < -0.4 is 20.7 Å². The molecule has 0 spiro atoms. The van der Waals surface area contributed by atoms with Crippen molar-refractivity contribution in [1.29, 1.82) is 0 Å². The van der Waals surface area contributed by atoms with E-state index in [1.54, 1.807) is 4.57 Å². The third kappa shape index (κ3) is 4.57. The van der Waals surface area contributed by atoms with E-state index < -0.39 is 23.4 Å². The molecule has 0 amide bonds. The van der Waals surface area contributed by atoms with Crippen molar-refractivity contribution in [3.8, 4) is 17.5 Å². The molecule has 3 aromatic rings. The molecule has 11 heteroatoms. The number of nitrogens with zero attached hydrogens (tertiary/aromatic N) is 4. The van der Waals surface area contributed by atoms with E-state index in [9.17, 15) is 22.8 Å². The summed E-state index contributed by atoms with van der Waals surface area (Å²) in [6, 6.07) is 4.98. The maximum atomic E-state index is 13.0. The molecule has 0 radical (unpaired) electrons. The van der Waals surface area contributed by atoms with Gasteiger partial charge in [-0.25, -0.2) is 4.79 Å². The molecule has 8 nitrogen and oxygen atoms in total. The number of rotatable bonds is 5. The van der Waals surface area contributed by atoms with Crippen LogP contribution in [0.4, 0.5) is 13.2 Å². The first-order valence-corrected chi connectivity index (χ1v) is 10.1. The second-order valence-corrected chi connectivity index (χ2v) is 7.81. The molecule has 1 aliphatic rings. The number of allylic oxidation sites excluding steroid dienone is 4. The highest BCUT2D eigenvalue weighted by Crippen LogP contribution is 2.31. The summed E-state index contributed by atoms with van der Waals surface area (Å²) < 4.78 is 51.3. The van der Waals surface area contributed by atoms with Crippen LogP contribution >= 0.6 is 0 Å². The average Bonchev–Trinajstić information content (AvgIpc) is 3.09. The molecule has 1 unspecified atom stereocenters. The summed E-state index contributed by atoms with van der Waals surface area (Å²) in [5, 5.41) is 0. The van der Waals surface area contributed by atoms with Gasteiger partial charge in [0.25, 0.3) is 5.56 Å². The molecule has 0 aliphatic heterocycles. The van der Waals surface area contributed by atoms with Crippen molar-refractivity contribution in [2.75, 3.05) is 0 Å². The van der Waals surface area contributed by atoms with E-state index in [-0.39, 0.29) is 28.8 Å². The Morgan fingerprint density at radius 3 is 2.55 bits per heavy atom. The zero-order chi connectivity index (χ0) is 23.9. The summed E-state index contributed by atoms with van der Waals surface area (Å²) in [5.74, 6) is -0.401. The Balaban J connectivity index is 1.81. The first kappa shape index (κ1) is 22.4. The molecule has 33 heavy (non-hydrogen) atoms. The zero-order valence-electron chi connectivity index (χ0n) is 18.1. The van der Waals surface area contributed by atoms with Gasteiger partial charge in [0.15, 0.2) is 11.2 Å². The van der Waals surface area contributed by atoms with E-state index in [2.05, 4.69) is 15.8 Å². The highest BCUT2D eigenvalue weighted by atomic mass is 19.4. The lowest BCUT2D eigenvalue weighted by Crippen LogP contribution is -2.37. The summed E-state index contributed by atoms with van der Waals surface area (Å²) >= 11 is 0. The number of ether oxygens (including phenoxy) is 2. The van der Waals surface area contributed by atoms with Gasteiger partial charge in [0.05, 0.1) is 0 Å². The molecule has 174 valence electrons. The average molecular weight is 462 g/mol. The molecule has 1 aliphatic carbocycles. The fourth-order valence-electron chi connectivity index (χ4n) is 3.66. The van der Waals surface area contributed by atoms with Crippen LogP contribution in [0.1, 0.15) is 13.3 Å². The summed E-state index contributed by atoms with van der Waals surface area (Å²) in [4.78, 5) is 29.7. The number of benzene rings is 1. The number of imidazole rings is 1. The molecular formula is C22H21F3N4O4. The topological polar surface area (TPSA) is 80.3 Å². The first-order chi connectivity index (χ1) is 15.5. The smallest absolute Gasteiger partial charge is 0.425 e. The Hall–Kier alpha value is -3.76. The van der Waals surface area contributed by atoms with E-state index in [1.165, 1.54) is 30.8 Å². The van der Waals surface area contributed by atoms with Crippen molar-refractivity contribution in [3.63, 3.8) is 0 Å². The van der Waals surface area contributed by atoms with E-state index in [0.717, 1.165) is 28.7 Å². The van der Waals surface area contributed by atoms with Crippen LogP contribution in [0.25, 0.3) is 11.2 Å². The number of alkyl halides is 3. The lowest BCUT2D eigenvalue weighted by Gasteiger charge is -2.18. The lowest BCUT2D eigenvalue weighted by molar-refractivity contribution is -0.274. The van der Waals surface area contributed by atoms with Gasteiger partial charge in [-0.1, -0.05) is 29.9 Å². The number of hydrogen-bond acceptors (Lipinski definition) is 5. The molecule has 1 atom stereocenters. The number of fused-ring (bicyclic) bond motifs is 1. The summed E-state index contributed by atoms with van der Waals surface area (Å²) in [7, 11) is 2.85. The second-order valence-electron chi connectivity index (χ2n) is 7.81. The quantitative estimate of drug-likeness (QED) is 0.578. The monoisotopic (exact) mass is 462 g/mol. The Labute approximate surface area is 185 Å². The van der Waals surface area contributed by atoms with Gasteiger partial charge < -0.3 is 9.47 Å². The van der Waals surface area contributed by atoms with Crippen LogP contribution in [0, 0.1) is 5.92 Å². The second kappa shape index (κ2) is 8.30. The number of hydrogen-bond donors (Lipinski definition) is 0. The summed E-state index contributed by atoms with van der Waals surface area (Å²) in [5.41, 5.74) is 0.304. The number of aromatic nitrogens is 4. The van der Waals surface area contributed by atoms with Crippen LogP contribution in [0.3, 0.4) is 0 Å². The predicted octanol–water partition coefficient (Wildman–Crippen LogP) is 3.65. The van der Waals surface area contributed by atoms with Crippen LogP contribution in [0.5, 0.6) is 17.5 Å². The van der Waals surface area contributed by atoms with Crippen molar-refractivity contribution in [2.24, 2.45) is 20.0 Å². The first-order valence-electron chi connectivity index (χ1n) is 10.1. The van der Waals surface area contributed by atoms with Crippen LogP contribution in [-0.2, 0) is 20.6 Å². The predicted molar refractivity (Wildman–Crippen MR) is 114 cm³/mol. The van der Waals surface area contributed by atoms with Gasteiger partial charge in [-0.15, -0.1) is 13.2 Å². The zero-order valence-corrected chi connectivity index (χ0v) is 18.1. The van der Waals surface area contributed by atoms with E-state index in [4.69, 9.17) is 4.74 Å². The van der Waals surface area contributed by atoms with E-state index in [1.807, 2.05) is 19.1 Å². The minimum absolute atomic E-state index is 0.0212. The normalized spacial score (nSPS) is 16.2. The Morgan fingerprint density at radius 2 is 1.88 bits per heavy atom. The van der Waals surface area contributed by atoms with Crippen LogP contribution in [0.2, 0.25) is 0 Å². The molecule has 4 rings (SSSR count). The molecule has 0 N–H and O–H groups in total. The van der Waals surface area contributed by atoms with Crippen molar-refractivity contribution < 1.29 is 22.6 Å². The van der Waals surface area contributed by atoms with Crippen molar-refractivity contribution >= 4 is 11.2 Å². The Morgan fingerprint density at radius 1 is 1.15 bits per heavy atom. The highest BCUT2D eigenvalue weighted by Gasteiger charge is 2.31. The molecular weight excluding hydrogens is 441 g/mol. The molecule has 2 heterocycles. The molecule has 1 aromatic carbocycles. The molecule has 2 aromatic heterocycles. The third-order valence-corrected chi connectivity index (χ3v) is 5.35. The number of halogens is 3. The maximum absolute atomic E-state index is 13.0. The van der Waals surface area contributed by atoms with Gasteiger partial charge in [0.2, 0.25) is 0 Å². The summed E-state index contributed by atoms with van der Waals surface area (Å²) in [6.45, 7) is 2.30. The van der Waals surface area contributed by atoms with Gasteiger partial charge in [0, 0.05) is 26.7 Å². The Kier molecular flexibility index (Phi) is 5.64. The molecule has 0 saturated carbocycles. The van der Waals surface area contributed by atoms with Gasteiger partial charge in [0.1, 0.15) is 11.5 Å². The third-order valence-electron chi connectivity index (χ3n) is 5.35. The lowest BCUT2D eigenvalue weighted by atomic mass is 9.97. The standard InChI is InChI=1S/C22H21F3N4O4/c1-13-7-9-14(10-8-13)12-29-17-18(27(2)21(31)28(3)19(17)30)26-20(29)32-15-5-4-6-16(11-15)33-22(23,24)25/h4-9,11,14H,10,12H2,1-3H3. The fourth-order valence-corrected chi connectivity index (χ4v) is 3.66. The van der Waals surface area contributed by atoms with Gasteiger partial charge in [-0.05, 0) is 31.4 Å². The minimum Gasteiger partial charge on any atom is -0.425 e. The van der Waals surface area contributed by atoms with Crippen LogP contribution in [-0.4, -0.2) is 25.0 Å².